The molecule has 0 radical (unpaired) electrons. The minimum atomic E-state index is 0.149. The van der Waals surface area contributed by atoms with Crippen LogP contribution in [0.1, 0.15) is 5.56 Å². The van der Waals surface area contributed by atoms with Crippen LogP contribution < -0.4 is 4.74 Å². The molecular weight excluding hydrogens is 216 g/mol. The Bertz CT molecular complexity index is 543. The van der Waals surface area contributed by atoms with E-state index in [-0.39, 0.29) is 6.61 Å². The van der Waals surface area contributed by atoms with Crippen LogP contribution in [0, 0.1) is 19.3 Å². The van der Waals surface area contributed by atoms with Gasteiger partial charge >= 0.3 is 0 Å². The van der Waals surface area contributed by atoms with Crippen LogP contribution in [0.5, 0.6) is 5.88 Å². The molecule has 2 heterocycles. The van der Waals surface area contributed by atoms with Crippen LogP contribution in [0.25, 0.3) is 5.78 Å². The highest BCUT2D eigenvalue weighted by molar-refractivity contribution is 6.30. The summed E-state index contributed by atoms with van der Waals surface area (Å²) in [4.78, 5) is 7.94. The monoisotopic (exact) mass is 222 g/mol. The van der Waals surface area contributed by atoms with Gasteiger partial charge in [0.05, 0.1) is 0 Å². The van der Waals surface area contributed by atoms with Gasteiger partial charge in [0.15, 0.2) is 6.61 Å². The minimum absolute atomic E-state index is 0.149. The highest BCUT2D eigenvalue weighted by Gasteiger charge is 2.12. The van der Waals surface area contributed by atoms with Gasteiger partial charge in [-0.3, -0.25) is 0 Å². The molecule has 0 spiro atoms. The highest BCUT2D eigenvalue weighted by Crippen LogP contribution is 2.23. The average molecular weight is 223 g/mol. The third-order valence-corrected chi connectivity index (χ3v) is 2.21. The molecule has 6 heteroatoms. The summed E-state index contributed by atoms with van der Waals surface area (Å²) >= 11 is 5.90. The second kappa shape index (κ2) is 3.75. The fraction of sp³-hybridized carbons (Fsp3) is 0.222. The number of terminal acetylenes is 1. The van der Waals surface area contributed by atoms with E-state index in [2.05, 4.69) is 21.0 Å². The van der Waals surface area contributed by atoms with Crippen LogP contribution in [-0.4, -0.2) is 26.2 Å². The van der Waals surface area contributed by atoms with Crippen LogP contribution in [0.2, 0.25) is 5.15 Å². The molecular formula is C9H7ClN4O. The molecule has 0 fully saturated rings. The van der Waals surface area contributed by atoms with Crippen molar-refractivity contribution >= 4 is 17.4 Å². The molecule has 0 aliphatic carbocycles. The SMILES string of the molecule is C#CCOc1c(C)c(Cl)nc2ncnn12. The Hall–Kier alpha value is -1.80. The Balaban J connectivity index is 2.62. The van der Waals surface area contributed by atoms with E-state index in [0.29, 0.717) is 22.4 Å². The van der Waals surface area contributed by atoms with Crippen molar-refractivity contribution in [3.63, 3.8) is 0 Å². The van der Waals surface area contributed by atoms with Gasteiger partial charge in [-0.15, -0.1) is 6.42 Å². The number of hydrogen-bond acceptors (Lipinski definition) is 4. The maximum absolute atomic E-state index is 5.90. The van der Waals surface area contributed by atoms with Gasteiger partial charge in [-0.05, 0) is 6.92 Å². The maximum Gasteiger partial charge on any atom is 0.256 e. The van der Waals surface area contributed by atoms with Crippen LogP contribution in [0.3, 0.4) is 0 Å². The molecule has 2 aromatic heterocycles. The Morgan fingerprint density at radius 2 is 2.47 bits per heavy atom. The van der Waals surface area contributed by atoms with Crippen LogP contribution in [0.4, 0.5) is 0 Å². The molecule has 0 aliphatic heterocycles. The Labute approximate surface area is 91.1 Å². The van der Waals surface area contributed by atoms with E-state index in [4.69, 9.17) is 22.8 Å². The fourth-order valence-corrected chi connectivity index (χ4v) is 1.31. The standard InChI is InChI=1S/C9H7ClN4O/c1-3-4-15-8-6(2)7(10)13-9-11-5-12-14(8)9/h1,5H,4H2,2H3. The van der Waals surface area contributed by atoms with E-state index in [0.717, 1.165) is 0 Å². The third-order valence-electron chi connectivity index (χ3n) is 1.84. The molecule has 2 rings (SSSR count). The third kappa shape index (κ3) is 1.60. The first-order valence-corrected chi connectivity index (χ1v) is 4.54. The Morgan fingerprint density at radius 3 is 3.20 bits per heavy atom. The average Bonchev–Trinajstić information content (AvgIpc) is 2.66. The Morgan fingerprint density at radius 1 is 1.67 bits per heavy atom. The lowest BCUT2D eigenvalue weighted by atomic mass is 10.4. The largest absolute Gasteiger partial charge is 0.464 e. The van der Waals surface area contributed by atoms with Gasteiger partial charge in [-0.1, -0.05) is 17.5 Å². The summed E-state index contributed by atoms with van der Waals surface area (Å²) in [6.45, 7) is 1.93. The zero-order chi connectivity index (χ0) is 10.8. The molecule has 0 saturated carbocycles. The lowest BCUT2D eigenvalue weighted by Crippen LogP contribution is -2.05. The number of fused-ring (bicyclic) bond motifs is 1. The number of halogens is 1. The lowest BCUT2D eigenvalue weighted by molar-refractivity contribution is 0.341. The summed E-state index contributed by atoms with van der Waals surface area (Å²) in [5.74, 6) is 3.23. The summed E-state index contributed by atoms with van der Waals surface area (Å²) in [5, 5.41) is 4.30. The molecule has 0 amide bonds. The molecule has 0 N–H and O–H groups in total. The number of rotatable bonds is 2. The first-order valence-electron chi connectivity index (χ1n) is 4.16. The molecule has 0 saturated heterocycles. The fourth-order valence-electron chi connectivity index (χ4n) is 1.15. The predicted octanol–water partition coefficient (Wildman–Crippen LogP) is 1.10. The van der Waals surface area contributed by atoms with Crippen molar-refractivity contribution < 1.29 is 4.74 Å². The second-order valence-corrected chi connectivity index (χ2v) is 3.16. The van der Waals surface area contributed by atoms with E-state index < -0.39 is 0 Å². The van der Waals surface area contributed by atoms with E-state index in [1.807, 2.05) is 0 Å². The van der Waals surface area contributed by atoms with E-state index in [1.54, 1.807) is 6.92 Å². The zero-order valence-corrected chi connectivity index (χ0v) is 8.69. The minimum Gasteiger partial charge on any atom is -0.464 e. The summed E-state index contributed by atoms with van der Waals surface area (Å²) in [6, 6.07) is 0. The smallest absolute Gasteiger partial charge is 0.256 e. The molecule has 0 aromatic carbocycles. The number of nitrogens with zero attached hydrogens (tertiary/aromatic N) is 4. The quantitative estimate of drug-likeness (QED) is 0.564. The Kier molecular flexibility index (Phi) is 2.44. The van der Waals surface area contributed by atoms with Gasteiger partial charge < -0.3 is 4.74 Å². The molecule has 15 heavy (non-hydrogen) atoms. The predicted molar refractivity (Wildman–Crippen MR) is 54.9 cm³/mol. The van der Waals surface area contributed by atoms with Crippen LogP contribution >= 0.6 is 11.6 Å². The van der Waals surface area contributed by atoms with Crippen molar-refractivity contribution in [1.29, 1.82) is 0 Å². The van der Waals surface area contributed by atoms with Crippen molar-refractivity contribution in [2.24, 2.45) is 0 Å². The van der Waals surface area contributed by atoms with Crippen molar-refractivity contribution in [2.75, 3.05) is 6.61 Å². The molecule has 0 unspecified atom stereocenters. The summed E-state index contributed by atoms with van der Waals surface area (Å²) in [7, 11) is 0. The second-order valence-electron chi connectivity index (χ2n) is 2.80. The van der Waals surface area contributed by atoms with Gasteiger partial charge in [-0.2, -0.15) is 19.6 Å². The van der Waals surface area contributed by atoms with Crippen LogP contribution in [0.15, 0.2) is 6.33 Å². The summed E-state index contributed by atoms with van der Waals surface area (Å²) in [6.07, 6.45) is 6.49. The molecule has 76 valence electrons. The number of aromatic nitrogens is 4. The first kappa shape index (κ1) is 9.74. The number of ether oxygens (including phenoxy) is 1. The van der Waals surface area contributed by atoms with Crippen molar-refractivity contribution in [3.8, 4) is 18.2 Å². The maximum atomic E-state index is 5.90. The molecule has 0 atom stereocenters. The normalized spacial score (nSPS) is 10.2. The topological polar surface area (TPSA) is 52.3 Å². The number of hydrogen-bond donors (Lipinski definition) is 0. The first-order chi connectivity index (χ1) is 7.24. The molecule has 5 nitrogen and oxygen atoms in total. The van der Waals surface area contributed by atoms with Gasteiger partial charge in [0.1, 0.15) is 11.5 Å². The van der Waals surface area contributed by atoms with Crippen molar-refractivity contribution in [1.82, 2.24) is 19.6 Å². The van der Waals surface area contributed by atoms with E-state index in [9.17, 15) is 0 Å². The summed E-state index contributed by atoms with van der Waals surface area (Å²) in [5.41, 5.74) is 0.685. The van der Waals surface area contributed by atoms with Crippen LogP contribution in [-0.2, 0) is 0 Å². The van der Waals surface area contributed by atoms with Gasteiger partial charge in [0.25, 0.3) is 5.78 Å². The van der Waals surface area contributed by atoms with Gasteiger partial charge in [0, 0.05) is 5.56 Å². The highest BCUT2D eigenvalue weighted by atomic mass is 35.5. The van der Waals surface area contributed by atoms with Gasteiger partial charge in [0.2, 0.25) is 5.88 Å². The zero-order valence-electron chi connectivity index (χ0n) is 7.94. The molecule has 0 bridgehead atoms. The summed E-state index contributed by atoms with van der Waals surface area (Å²) < 4.78 is 6.80. The van der Waals surface area contributed by atoms with E-state index >= 15 is 0 Å². The van der Waals surface area contributed by atoms with Crippen molar-refractivity contribution in [2.45, 2.75) is 6.92 Å². The molecule has 0 aliphatic rings. The molecule has 2 aromatic rings. The van der Waals surface area contributed by atoms with E-state index in [1.165, 1.54) is 10.8 Å². The lowest BCUT2D eigenvalue weighted by Gasteiger charge is -2.08. The van der Waals surface area contributed by atoms with Crippen molar-refractivity contribution in [3.05, 3.63) is 17.0 Å². The van der Waals surface area contributed by atoms with Gasteiger partial charge in [-0.25, -0.2) is 0 Å².